The van der Waals surface area contributed by atoms with Gasteiger partial charge in [0.05, 0.1) is 5.69 Å². The van der Waals surface area contributed by atoms with Gasteiger partial charge in [0.15, 0.2) is 11.6 Å². The summed E-state index contributed by atoms with van der Waals surface area (Å²) in [5.41, 5.74) is 6.18. The van der Waals surface area contributed by atoms with E-state index in [-0.39, 0.29) is 11.4 Å². The molecule has 0 saturated heterocycles. The molecule has 24 heavy (non-hydrogen) atoms. The molecule has 0 atom stereocenters. The maximum Gasteiger partial charge on any atom is 0.267 e. The van der Waals surface area contributed by atoms with E-state index < -0.39 is 17.5 Å². The van der Waals surface area contributed by atoms with Crippen LogP contribution in [0.5, 0.6) is 11.5 Å². The highest BCUT2D eigenvalue weighted by molar-refractivity contribution is 5.91. The number of nitrogens with two attached hydrogens (primary N) is 1. The minimum absolute atomic E-state index is 0.00332. The summed E-state index contributed by atoms with van der Waals surface area (Å²) >= 11 is 0. The van der Waals surface area contributed by atoms with Crippen LogP contribution in [0.15, 0.2) is 60.7 Å². The lowest BCUT2D eigenvalue weighted by Gasteiger charge is -2.08. The molecule has 120 valence electrons. The van der Waals surface area contributed by atoms with E-state index >= 15 is 0 Å². The molecule has 3 aromatic rings. The highest BCUT2D eigenvalue weighted by atomic mass is 19.1. The number of pyridine rings is 1. The lowest BCUT2D eigenvalue weighted by atomic mass is 10.1. The fourth-order valence-electron chi connectivity index (χ4n) is 2.11. The molecular formula is C18H12F2N2O2. The number of hydrogen-bond acceptors (Lipinski definition) is 3. The number of carbonyl (C=O) groups excluding carboxylic acids is 1. The highest BCUT2D eigenvalue weighted by Gasteiger charge is 2.10. The monoisotopic (exact) mass is 326 g/mol. The van der Waals surface area contributed by atoms with Crippen molar-refractivity contribution in [2.24, 2.45) is 5.73 Å². The Morgan fingerprint density at radius 3 is 2.42 bits per heavy atom. The Hall–Kier alpha value is -3.28. The Kier molecular flexibility index (Phi) is 4.20. The molecule has 4 nitrogen and oxygen atoms in total. The highest BCUT2D eigenvalue weighted by Crippen LogP contribution is 2.28. The molecule has 0 aliphatic carbocycles. The maximum atomic E-state index is 14.2. The zero-order valence-corrected chi connectivity index (χ0v) is 12.4. The topological polar surface area (TPSA) is 65.2 Å². The summed E-state index contributed by atoms with van der Waals surface area (Å²) in [5.74, 6) is -1.36. The second-order valence-electron chi connectivity index (χ2n) is 4.97. The molecule has 0 radical (unpaired) electrons. The van der Waals surface area contributed by atoms with Gasteiger partial charge in [0, 0.05) is 5.56 Å². The van der Waals surface area contributed by atoms with E-state index in [4.69, 9.17) is 10.5 Å². The van der Waals surface area contributed by atoms with E-state index in [1.807, 2.05) is 0 Å². The van der Waals surface area contributed by atoms with Crippen LogP contribution in [0.4, 0.5) is 8.78 Å². The first-order chi connectivity index (χ1) is 11.5. The van der Waals surface area contributed by atoms with Gasteiger partial charge in [0.25, 0.3) is 5.91 Å². The summed E-state index contributed by atoms with van der Waals surface area (Å²) in [5, 5.41) is 0. The van der Waals surface area contributed by atoms with Crippen molar-refractivity contribution < 1.29 is 18.3 Å². The summed E-state index contributed by atoms with van der Waals surface area (Å²) in [6.07, 6.45) is 0. The van der Waals surface area contributed by atoms with Crippen LogP contribution in [0.2, 0.25) is 0 Å². The third-order valence-electron chi connectivity index (χ3n) is 3.27. The Labute approximate surface area is 136 Å². The largest absolute Gasteiger partial charge is 0.454 e. The second-order valence-corrected chi connectivity index (χ2v) is 4.97. The molecule has 1 heterocycles. The molecule has 2 aromatic carbocycles. The number of nitrogens with zero attached hydrogens (tertiary/aromatic N) is 1. The number of hydrogen-bond donors (Lipinski definition) is 1. The number of carbonyl (C=O) groups is 1. The number of halogens is 2. The van der Waals surface area contributed by atoms with Crippen molar-refractivity contribution in [3.05, 3.63) is 78.0 Å². The minimum atomic E-state index is -0.659. The van der Waals surface area contributed by atoms with Crippen LogP contribution >= 0.6 is 0 Å². The van der Waals surface area contributed by atoms with Crippen LogP contribution < -0.4 is 10.5 Å². The third-order valence-corrected chi connectivity index (χ3v) is 3.27. The lowest BCUT2D eigenvalue weighted by molar-refractivity contribution is 0.0995. The predicted molar refractivity (Wildman–Crippen MR) is 84.6 cm³/mol. The Morgan fingerprint density at radius 1 is 1.00 bits per heavy atom. The zero-order chi connectivity index (χ0) is 17.1. The molecule has 0 aliphatic rings. The van der Waals surface area contributed by atoms with Crippen LogP contribution in [0.3, 0.4) is 0 Å². The number of rotatable bonds is 4. The summed E-state index contributed by atoms with van der Waals surface area (Å²) in [4.78, 5) is 15.3. The van der Waals surface area contributed by atoms with E-state index in [9.17, 15) is 13.6 Å². The van der Waals surface area contributed by atoms with E-state index in [2.05, 4.69) is 4.98 Å². The van der Waals surface area contributed by atoms with Gasteiger partial charge in [-0.15, -0.1) is 0 Å². The van der Waals surface area contributed by atoms with Crippen LogP contribution in [-0.4, -0.2) is 10.9 Å². The average Bonchev–Trinajstić information content (AvgIpc) is 2.58. The van der Waals surface area contributed by atoms with Gasteiger partial charge in [-0.2, -0.15) is 0 Å². The van der Waals surface area contributed by atoms with Gasteiger partial charge in [0.2, 0.25) is 0 Å². The number of aromatic nitrogens is 1. The van der Waals surface area contributed by atoms with E-state index in [1.54, 1.807) is 18.2 Å². The maximum absolute atomic E-state index is 14.2. The van der Waals surface area contributed by atoms with Crippen molar-refractivity contribution >= 4 is 5.91 Å². The first kappa shape index (κ1) is 15.6. The minimum Gasteiger partial charge on any atom is -0.454 e. The van der Waals surface area contributed by atoms with Crippen LogP contribution in [0.1, 0.15) is 10.5 Å². The molecule has 6 heteroatoms. The van der Waals surface area contributed by atoms with Gasteiger partial charge in [-0.05, 0) is 54.6 Å². The second kappa shape index (κ2) is 6.45. The fraction of sp³-hybridized carbons (Fsp3) is 0. The van der Waals surface area contributed by atoms with Crippen molar-refractivity contribution in [1.29, 1.82) is 0 Å². The molecule has 0 spiro atoms. The molecule has 0 bridgehead atoms. The Balaban J connectivity index is 1.88. The molecular weight excluding hydrogens is 314 g/mol. The first-order valence-electron chi connectivity index (χ1n) is 7.03. The van der Waals surface area contributed by atoms with Crippen molar-refractivity contribution in [2.75, 3.05) is 0 Å². The normalized spacial score (nSPS) is 10.4. The molecule has 0 unspecified atom stereocenters. The molecule has 2 N–H and O–H groups in total. The van der Waals surface area contributed by atoms with Gasteiger partial charge in [-0.25, -0.2) is 13.8 Å². The van der Waals surface area contributed by atoms with Crippen molar-refractivity contribution in [2.45, 2.75) is 0 Å². The summed E-state index contributed by atoms with van der Waals surface area (Å²) in [6.45, 7) is 0. The smallest absolute Gasteiger partial charge is 0.267 e. The number of ether oxygens (including phenoxy) is 1. The average molecular weight is 326 g/mol. The van der Waals surface area contributed by atoms with Crippen LogP contribution in [0, 0.1) is 11.6 Å². The van der Waals surface area contributed by atoms with Crippen LogP contribution in [0.25, 0.3) is 11.3 Å². The Morgan fingerprint density at radius 2 is 1.75 bits per heavy atom. The molecule has 0 fully saturated rings. The SMILES string of the molecule is NC(=O)c1cccc(-c2ccc(Oc3ccc(F)cc3)c(F)c2)n1. The Bertz CT molecular complexity index is 896. The summed E-state index contributed by atoms with van der Waals surface area (Å²) in [6, 6.07) is 14.3. The van der Waals surface area contributed by atoms with E-state index in [1.165, 1.54) is 42.5 Å². The third kappa shape index (κ3) is 3.38. The lowest BCUT2D eigenvalue weighted by Crippen LogP contribution is -2.13. The number of amides is 1. The van der Waals surface area contributed by atoms with Gasteiger partial charge >= 0.3 is 0 Å². The molecule has 1 aromatic heterocycles. The molecule has 0 saturated carbocycles. The molecule has 1 amide bonds. The van der Waals surface area contributed by atoms with Crippen molar-refractivity contribution in [1.82, 2.24) is 4.98 Å². The number of primary amides is 1. The summed E-state index contributed by atoms with van der Waals surface area (Å²) < 4.78 is 32.5. The zero-order valence-electron chi connectivity index (χ0n) is 12.4. The summed E-state index contributed by atoms with van der Waals surface area (Å²) in [7, 11) is 0. The van der Waals surface area contributed by atoms with Gasteiger partial charge in [-0.3, -0.25) is 4.79 Å². The predicted octanol–water partition coefficient (Wildman–Crippen LogP) is 3.92. The van der Waals surface area contributed by atoms with Crippen molar-refractivity contribution in [3.8, 4) is 22.8 Å². The van der Waals surface area contributed by atoms with E-state index in [0.717, 1.165) is 0 Å². The standard InChI is InChI=1S/C18H12F2N2O2/c19-12-5-7-13(8-6-12)24-17-9-4-11(10-14(17)20)15-2-1-3-16(22-15)18(21)23/h1-10H,(H2,21,23). The van der Waals surface area contributed by atoms with Gasteiger partial charge in [-0.1, -0.05) is 6.07 Å². The van der Waals surface area contributed by atoms with E-state index in [0.29, 0.717) is 17.0 Å². The first-order valence-corrected chi connectivity index (χ1v) is 7.03. The van der Waals surface area contributed by atoms with Gasteiger partial charge in [0.1, 0.15) is 17.3 Å². The quantitative estimate of drug-likeness (QED) is 0.790. The van der Waals surface area contributed by atoms with Gasteiger partial charge < -0.3 is 10.5 Å². The molecule has 3 rings (SSSR count). The van der Waals surface area contributed by atoms with Crippen LogP contribution in [-0.2, 0) is 0 Å². The fourth-order valence-corrected chi connectivity index (χ4v) is 2.11. The number of benzene rings is 2. The van der Waals surface area contributed by atoms with Crippen molar-refractivity contribution in [3.63, 3.8) is 0 Å². The molecule has 0 aliphatic heterocycles.